The van der Waals surface area contributed by atoms with Crippen molar-refractivity contribution in [3.05, 3.63) is 22.2 Å². The molecule has 1 aliphatic rings. The molecule has 112 valence electrons. The van der Waals surface area contributed by atoms with Gasteiger partial charge >= 0.3 is 0 Å². The molecule has 1 atom stereocenters. The molecule has 1 aromatic rings. The van der Waals surface area contributed by atoms with Gasteiger partial charge in [-0.3, -0.25) is 0 Å². The van der Waals surface area contributed by atoms with Gasteiger partial charge in [0, 0.05) is 13.1 Å². The number of hydrogen-bond acceptors (Lipinski definition) is 4. The second kappa shape index (κ2) is 6.33. The maximum absolute atomic E-state index is 10.3. The van der Waals surface area contributed by atoms with Crippen LogP contribution in [-0.2, 0) is 6.54 Å². The Kier molecular flexibility index (Phi) is 4.94. The Morgan fingerprint density at radius 2 is 2.15 bits per heavy atom. The molecule has 0 aliphatic carbocycles. The molecule has 4 nitrogen and oxygen atoms in total. The maximum atomic E-state index is 10.3. The van der Waals surface area contributed by atoms with Crippen molar-refractivity contribution in [1.29, 1.82) is 0 Å². The molecule has 20 heavy (non-hydrogen) atoms. The predicted octanol–water partition coefficient (Wildman–Crippen LogP) is 3.06. The highest BCUT2D eigenvalue weighted by Gasteiger charge is 2.22. The van der Waals surface area contributed by atoms with Crippen LogP contribution in [0.4, 0.5) is 0 Å². The predicted molar refractivity (Wildman–Crippen MR) is 82.1 cm³/mol. The maximum Gasteiger partial charge on any atom is 0.231 e. The third kappa shape index (κ3) is 4.11. The number of hydrogen-bond donors (Lipinski definition) is 2. The van der Waals surface area contributed by atoms with E-state index in [0.29, 0.717) is 19.0 Å². The summed E-state index contributed by atoms with van der Waals surface area (Å²) in [5, 5.41) is 13.6. The lowest BCUT2D eigenvalue weighted by molar-refractivity contribution is 0.0383. The van der Waals surface area contributed by atoms with Crippen molar-refractivity contribution in [3.63, 3.8) is 0 Å². The van der Waals surface area contributed by atoms with Crippen LogP contribution in [-0.4, -0.2) is 24.0 Å². The Bertz CT molecular complexity index is 474. The van der Waals surface area contributed by atoms with Crippen LogP contribution in [0.1, 0.15) is 32.8 Å². The van der Waals surface area contributed by atoms with Crippen LogP contribution in [0, 0.1) is 5.92 Å². The van der Waals surface area contributed by atoms with Gasteiger partial charge in [0.25, 0.3) is 0 Å². The second-order valence-corrected chi connectivity index (χ2v) is 6.86. The van der Waals surface area contributed by atoms with E-state index < -0.39 is 5.60 Å². The smallest absolute Gasteiger partial charge is 0.231 e. The van der Waals surface area contributed by atoms with Gasteiger partial charge in [0.05, 0.1) is 10.1 Å². The topological polar surface area (TPSA) is 50.7 Å². The Labute approximate surface area is 128 Å². The lowest BCUT2D eigenvalue weighted by Crippen LogP contribution is -2.38. The Morgan fingerprint density at radius 3 is 2.85 bits per heavy atom. The number of aliphatic hydroxyl groups is 1. The van der Waals surface area contributed by atoms with Gasteiger partial charge < -0.3 is 19.9 Å². The first-order chi connectivity index (χ1) is 9.37. The van der Waals surface area contributed by atoms with E-state index in [1.165, 1.54) is 0 Å². The van der Waals surface area contributed by atoms with Gasteiger partial charge in [-0.25, -0.2) is 0 Å². The van der Waals surface area contributed by atoms with E-state index >= 15 is 0 Å². The SMILES string of the molecule is CC(C)CC(C)(O)CNCc1cc(Br)c2c(c1)OCO2. The van der Waals surface area contributed by atoms with Gasteiger partial charge in [-0.1, -0.05) is 13.8 Å². The molecule has 0 aromatic heterocycles. The largest absolute Gasteiger partial charge is 0.454 e. The first-order valence-corrected chi connectivity index (χ1v) is 7.68. The van der Waals surface area contributed by atoms with Crippen molar-refractivity contribution in [2.45, 2.75) is 39.3 Å². The molecule has 1 heterocycles. The summed E-state index contributed by atoms with van der Waals surface area (Å²) >= 11 is 3.48. The van der Waals surface area contributed by atoms with Gasteiger partial charge in [0.2, 0.25) is 6.79 Å². The van der Waals surface area contributed by atoms with Crippen LogP contribution in [0.3, 0.4) is 0 Å². The summed E-state index contributed by atoms with van der Waals surface area (Å²) in [4.78, 5) is 0. The van der Waals surface area contributed by atoms with Gasteiger partial charge in [-0.05, 0) is 52.9 Å². The lowest BCUT2D eigenvalue weighted by atomic mass is 9.94. The Balaban J connectivity index is 1.90. The van der Waals surface area contributed by atoms with E-state index in [9.17, 15) is 5.11 Å². The zero-order valence-electron chi connectivity index (χ0n) is 12.2. The molecular weight excluding hydrogens is 322 g/mol. The van der Waals surface area contributed by atoms with E-state index in [1.54, 1.807) is 0 Å². The molecular formula is C15H22BrNO3. The third-order valence-corrected chi connectivity index (χ3v) is 3.76. The molecule has 0 fully saturated rings. The number of nitrogens with one attached hydrogen (secondary N) is 1. The Morgan fingerprint density at radius 1 is 1.40 bits per heavy atom. The standard InChI is InChI=1S/C15H22BrNO3/c1-10(2)6-15(3,18)8-17-7-11-4-12(16)14-13(5-11)19-9-20-14/h4-5,10,17-18H,6-9H2,1-3H3. The number of fused-ring (bicyclic) bond motifs is 1. The fraction of sp³-hybridized carbons (Fsp3) is 0.600. The zero-order chi connectivity index (χ0) is 14.8. The summed E-state index contributed by atoms with van der Waals surface area (Å²) < 4.78 is 11.6. The van der Waals surface area contributed by atoms with E-state index in [0.717, 1.165) is 28.0 Å². The van der Waals surface area contributed by atoms with E-state index in [2.05, 4.69) is 35.1 Å². The van der Waals surface area contributed by atoms with Crippen LogP contribution in [0.25, 0.3) is 0 Å². The summed E-state index contributed by atoms with van der Waals surface area (Å²) in [5.41, 5.74) is 0.420. The third-order valence-electron chi connectivity index (χ3n) is 3.17. The summed E-state index contributed by atoms with van der Waals surface area (Å²) in [6, 6.07) is 3.98. The molecule has 0 amide bonds. The van der Waals surface area contributed by atoms with Gasteiger partial charge in [-0.15, -0.1) is 0 Å². The second-order valence-electron chi connectivity index (χ2n) is 6.01. The summed E-state index contributed by atoms with van der Waals surface area (Å²) in [7, 11) is 0. The average molecular weight is 344 g/mol. The van der Waals surface area contributed by atoms with Gasteiger partial charge in [-0.2, -0.15) is 0 Å². The first-order valence-electron chi connectivity index (χ1n) is 6.88. The van der Waals surface area contributed by atoms with E-state index in [1.807, 2.05) is 19.1 Å². The molecule has 0 spiro atoms. The van der Waals surface area contributed by atoms with Crippen LogP contribution >= 0.6 is 15.9 Å². The molecule has 0 bridgehead atoms. The van der Waals surface area contributed by atoms with Gasteiger partial charge in [0.15, 0.2) is 11.5 Å². The van der Waals surface area contributed by atoms with Gasteiger partial charge in [0.1, 0.15) is 0 Å². The van der Waals surface area contributed by atoms with Crippen LogP contribution in [0.5, 0.6) is 11.5 Å². The fourth-order valence-corrected chi connectivity index (χ4v) is 3.15. The minimum absolute atomic E-state index is 0.272. The highest BCUT2D eigenvalue weighted by molar-refractivity contribution is 9.10. The quantitative estimate of drug-likeness (QED) is 0.833. The van der Waals surface area contributed by atoms with Crippen molar-refractivity contribution in [2.24, 2.45) is 5.92 Å². The molecule has 2 rings (SSSR count). The molecule has 1 aliphatic heterocycles. The molecule has 2 N–H and O–H groups in total. The van der Waals surface area contributed by atoms with Crippen molar-refractivity contribution in [3.8, 4) is 11.5 Å². The Hall–Kier alpha value is -0.780. The molecule has 1 aromatic carbocycles. The van der Waals surface area contributed by atoms with Crippen molar-refractivity contribution >= 4 is 15.9 Å². The lowest BCUT2D eigenvalue weighted by Gasteiger charge is -2.25. The number of benzene rings is 1. The normalized spacial score (nSPS) is 16.5. The van der Waals surface area contributed by atoms with Crippen LogP contribution < -0.4 is 14.8 Å². The monoisotopic (exact) mass is 343 g/mol. The highest BCUT2D eigenvalue weighted by Crippen LogP contribution is 2.39. The summed E-state index contributed by atoms with van der Waals surface area (Å²) in [6.45, 7) is 7.62. The molecule has 0 saturated carbocycles. The number of rotatable bonds is 6. The van der Waals surface area contributed by atoms with Crippen molar-refractivity contribution in [1.82, 2.24) is 5.32 Å². The average Bonchev–Trinajstić information content (AvgIpc) is 2.75. The summed E-state index contributed by atoms with van der Waals surface area (Å²) in [5.74, 6) is 2.01. The molecule has 5 heteroatoms. The van der Waals surface area contributed by atoms with Crippen LogP contribution in [0.2, 0.25) is 0 Å². The molecule has 1 unspecified atom stereocenters. The van der Waals surface area contributed by atoms with E-state index in [-0.39, 0.29) is 6.79 Å². The van der Waals surface area contributed by atoms with Crippen LogP contribution in [0.15, 0.2) is 16.6 Å². The highest BCUT2D eigenvalue weighted by atomic mass is 79.9. The van der Waals surface area contributed by atoms with Crippen molar-refractivity contribution < 1.29 is 14.6 Å². The zero-order valence-corrected chi connectivity index (χ0v) is 13.8. The minimum atomic E-state index is -0.679. The minimum Gasteiger partial charge on any atom is -0.454 e. The molecule has 0 radical (unpaired) electrons. The summed E-state index contributed by atoms with van der Waals surface area (Å²) in [6.07, 6.45) is 0.783. The number of ether oxygens (including phenoxy) is 2. The first kappa shape index (κ1) is 15.6. The van der Waals surface area contributed by atoms with E-state index in [4.69, 9.17) is 9.47 Å². The van der Waals surface area contributed by atoms with Crippen molar-refractivity contribution in [2.75, 3.05) is 13.3 Å². The molecule has 0 saturated heterocycles. The number of halogens is 1. The fourth-order valence-electron chi connectivity index (χ4n) is 2.55.